The molecule has 8 aromatic carbocycles. The molecule has 76 heavy (non-hydrogen) atoms. The summed E-state index contributed by atoms with van der Waals surface area (Å²) in [5.41, 5.74) is -17.2. The first-order chi connectivity index (χ1) is 35.5. The SMILES string of the molecule is N#Cc1c(-n2c3ccccc3c3ccc(-c4ccc(C(F)(F)F)cc4C(F)(F)F)cc32)ccc(-c2c(C(F)(F)F)cccc2C(F)(F)F)c1-n1c2ccccc2c2ccc(-c3ccc(C(F)(F)F)cc3C(F)(F)F)cc21. The van der Waals surface area contributed by atoms with E-state index in [-0.39, 0.29) is 61.6 Å². The van der Waals surface area contributed by atoms with Crippen molar-refractivity contribution in [2.45, 2.75) is 37.1 Å². The van der Waals surface area contributed by atoms with E-state index in [0.29, 0.717) is 47.9 Å². The maximum atomic E-state index is 15.2. The van der Waals surface area contributed by atoms with Crippen LogP contribution in [0.2, 0.25) is 0 Å². The van der Waals surface area contributed by atoms with Gasteiger partial charge in [-0.3, -0.25) is 0 Å². The standard InChI is InChI=1S/C55H25F18N3/c56-50(57,58)29-14-18-31(41(24-29)54(68,69)70)27-12-16-35-33-6-1-3-10-43(33)75(46(35)22-27)45-21-20-37(48-39(52(62,63)64)8-5-9-40(48)53(65,66)67)49(38(45)26-74)76-44-11-4-2-7-34(44)36-17-13-28(23-47(36)76)32-19-15-30(51(59,60)61)25-42(32)55(71,72)73/h1-25H. The lowest BCUT2D eigenvalue weighted by atomic mass is 9.90. The van der Waals surface area contributed by atoms with E-state index in [1.54, 1.807) is 6.07 Å². The Morgan fingerprint density at radius 1 is 0.329 bits per heavy atom. The van der Waals surface area contributed by atoms with Crippen molar-refractivity contribution in [3.63, 3.8) is 0 Å². The number of rotatable bonds is 5. The van der Waals surface area contributed by atoms with Gasteiger partial charge in [0.1, 0.15) is 11.6 Å². The average Bonchev–Trinajstić information content (AvgIpc) is 3.88. The highest BCUT2D eigenvalue weighted by Crippen LogP contribution is 2.51. The Bertz CT molecular complexity index is 4010. The van der Waals surface area contributed by atoms with E-state index in [1.165, 1.54) is 65.2 Å². The van der Waals surface area contributed by atoms with Crippen LogP contribution >= 0.6 is 0 Å². The summed E-state index contributed by atoms with van der Waals surface area (Å²) in [5.74, 6) is 0. The average molecular weight is 1070 g/mol. The van der Waals surface area contributed by atoms with Crippen molar-refractivity contribution in [2.75, 3.05) is 0 Å². The third-order valence-corrected chi connectivity index (χ3v) is 13.0. The van der Waals surface area contributed by atoms with Gasteiger partial charge in [0, 0.05) is 32.7 Å². The van der Waals surface area contributed by atoms with Gasteiger partial charge in [-0.05, 0) is 89.0 Å². The number of aromatic nitrogens is 2. The molecule has 0 N–H and O–H groups in total. The first-order valence-electron chi connectivity index (χ1n) is 22.0. The maximum Gasteiger partial charge on any atom is 0.417 e. The molecule has 10 aromatic rings. The summed E-state index contributed by atoms with van der Waals surface area (Å²) in [5, 5.41) is 12.3. The van der Waals surface area contributed by atoms with E-state index in [9.17, 15) is 57.9 Å². The number of halogens is 18. The van der Waals surface area contributed by atoms with Gasteiger partial charge in [0.05, 0.1) is 66.8 Å². The fourth-order valence-corrected chi connectivity index (χ4v) is 9.82. The largest absolute Gasteiger partial charge is 0.417 e. The Balaban J connectivity index is 1.37. The summed E-state index contributed by atoms with van der Waals surface area (Å²) in [4.78, 5) is 0. The Hall–Kier alpha value is -8.41. The number of nitrogens with zero attached hydrogens (tertiary/aromatic N) is 3. The molecule has 0 atom stereocenters. The zero-order valence-corrected chi connectivity index (χ0v) is 37.6. The Morgan fingerprint density at radius 2 is 0.724 bits per heavy atom. The van der Waals surface area contributed by atoms with Gasteiger partial charge in [0.2, 0.25) is 0 Å². The minimum atomic E-state index is -5.54. The lowest BCUT2D eigenvalue weighted by Crippen LogP contribution is -2.16. The summed E-state index contributed by atoms with van der Waals surface area (Å²) in [7, 11) is 0. The summed E-state index contributed by atoms with van der Waals surface area (Å²) in [6.45, 7) is 0. The van der Waals surface area contributed by atoms with Crippen LogP contribution in [0.15, 0.2) is 152 Å². The van der Waals surface area contributed by atoms with Crippen molar-refractivity contribution in [2.24, 2.45) is 0 Å². The van der Waals surface area contributed by atoms with E-state index in [0.717, 1.165) is 34.9 Å². The van der Waals surface area contributed by atoms with Gasteiger partial charge in [-0.25, -0.2) is 0 Å². The van der Waals surface area contributed by atoms with Crippen LogP contribution in [0, 0.1) is 11.3 Å². The minimum absolute atomic E-state index is 0.0578. The van der Waals surface area contributed by atoms with Gasteiger partial charge < -0.3 is 9.13 Å². The minimum Gasteiger partial charge on any atom is -0.308 e. The molecule has 0 fully saturated rings. The maximum absolute atomic E-state index is 15.2. The fourth-order valence-electron chi connectivity index (χ4n) is 9.82. The molecule has 21 heteroatoms. The van der Waals surface area contributed by atoms with E-state index < -0.39 is 110 Å². The molecule has 2 heterocycles. The molecule has 0 aliphatic carbocycles. The molecule has 10 rings (SSSR count). The lowest BCUT2D eigenvalue weighted by Gasteiger charge is -2.24. The molecule has 0 aliphatic heterocycles. The van der Waals surface area contributed by atoms with Crippen molar-refractivity contribution in [1.82, 2.24) is 9.13 Å². The predicted molar refractivity (Wildman–Crippen MR) is 246 cm³/mol. The molecule has 0 spiro atoms. The molecule has 0 aliphatic rings. The zero-order chi connectivity index (χ0) is 54.8. The molecule has 386 valence electrons. The Kier molecular flexibility index (Phi) is 11.6. The van der Waals surface area contributed by atoms with Crippen LogP contribution in [0.4, 0.5) is 79.0 Å². The van der Waals surface area contributed by atoms with Crippen molar-refractivity contribution in [3.05, 3.63) is 191 Å². The third kappa shape index (κ3) is 8.58. The number of alkyl halides is 18. The van der Waals surface area contributed by atoms with Crippen LogP contribution in [0.5, 0.6) is 0 Å². The Labute approximate surface area is 414 Å². The van der Waals surface area contributed by atoms with Crippen LogP contribution in [0.25, 0.3) is 88.4 Å². The molecule has 3 nitrogen and oxygen atoms in total. The first kappa shape index (κ1) is 51.1. The van der Waals surface area contributed by atoms with Crippen LogP contribution < -0.4 is 0 Å². The van der Waals surface area contributed by atoms with E-state index in [1.807, 2.05) is 6.07 Å². The van der Waals surface area contributed by atoms with E-state index in [2.05, 4.69) is 0 Å². The number of fused-ring (bicyclic) bond motifs is 6. The first-order valence-corrected chi connectivity index (χ1v) is 22.0. The van der Waals surface area contributed by atoms with Crippen molar-refractivity contribution in [3.8, 4) is 50.8 Å². The smallest absolute Gasteiger partial charge is 0.308 e. The molecule has 0 radical (unpaired) electrons. The quantitative estimate of drug-likeness (QED) is 0.158. The topological polar surface area (TPSA) is 33.6 Å². The van der Waals surface area contributed by atoms with Crippen LogP contribution in [-0.4, -0.2) is 9.13 Å². The number of para-hydroxylation sites is 2. The monoisotopic (exact) mass is 1070 g/mol. The molecule has 0 bridgehead atoms. The molecular weight excluding hydrogens is 1040 g/mol. The van der Waals surface area contributed by atoms with Gasteiger partial charge >= 0.3 is 37.1 Å². The second-order valence-electron chi connectivity index (χ2n) is 17.4. The van der Waals surface area contributed by atoms with Gasteiger partial charge in [0.15, 0.2) is 0 Å². The third-order valence-electron chi connectivity index (χ3n) is 13.0. The van der Waals surface area contributed by atoms with Crippen molar-refractivity contribution < 1.29 is 79.0 Å². The summed E-state index contributed by atoms with van der Waals surface area (Å²) >= 11 is 0. The highest BCUT2D eigenvalue weighted by molar-refractivity contribution is 6.13. The van der Waals surface area contributed by atoms with E-state index >= 15 is 26.3 Å². The van der Waals surface area contributed by atoms with Crippen LogP contribution in [-0.2, 0) is 37.1 Å². The molecule has 0 amide bonds. The molecule has 0 saturated carbocycles. The molecule has 0 unspecified atom stereocenters. The number of hydrogen-bond acceptors (Lipinski definition) is 1. The molecule has 0 saturated heterocycles. The molecular formula is C55H25F18N3. The van der Waals surface area contributed by atoms with E-state index in [4.69, 9.17) is 0 Å². The predicted octanol–water partition coefficient (Wildman–Crippen LogP) is 18.9. The summed E-state index contributed by atoms with van der Waals surface area (Å²) in [6.07, 6.45) is -32.3. The number of nitriles is 1. The Morgan fingerprint density at radius 3 is 1.14 bits per heavy atom. The summed E-state index contributed by atoms with van der Waals surface area (Å²) in [6, 6.07) is 25.3. The van der Waals surface area contributed by atoms with Gasteiger partial charge in [0.25, 0.3) is 0 Å². The van der Waals surface area contributed by atoms with Crippen LogP contribution in [0.3, 0.4) is 0 Å². The zero-order valence-electron chi connectivity index (χ0n) is 37.6. The van der Waals surface area contributed by atoms with Crippen molar-refractivity contribution >= 4 is 43.6 Å². The number of benzene rings is 8. The fraction of sp³-hybridized carbons (Fsp3) is 0.109. The highest BCUT2D eigenvalue weighted by atomic mass is 19.4. The molecule has 2 aromatic heterocycles. The summed E-state index contributed by atoms with van der Waals surface area (Å²) < 4.78 is 264. The highest BCUT2D eigenvalue weighted by Gasteiger charge is 2.44. The van der Waals surface area contributed by atoms with Crippen LogP contribution in [0.1, 0.15) is 38.9 Å². The van der Waals surface area contributed by atoms with Gasteiger partial charge in [-0.15, -0.1) is 0 Å². The lowest BCUT2D eigenvalue weighted by molar-refractivity contribution is -0.144. The normalized spacial score (nSPS) is 13.1. The van der Waals surface area contributed by atoms with Gasteiger partial charge in [-0.2, -0.15) is 84.3 Å². The van der Waals surface area contributed by atoms with Gasteiger partial charge in [-0.1, -0.05) is 84.9 Å². The second-order valence-corrected chi connectivity index (χ2v) is 17.4. The second kappa shape index (κ2) is 17.3. The number of hydrogen-bond donors (Lipinski definition) is 0. The van der Waals surface area contributed by atoms with Crippen molar-refractivity contribution in [1.29, 1.82) is 5.26 Å².